The monoisotopic (exact) mass is 308 g/mol. The number of rotatable bonds is 7. The quantitative estimate of drug-likeness (QED) is 0.725. The predicted octanol–water partition coefficient (Wildman–Crippen LogP) is 2.57. The van der Waals surface area contributed by atoms with E-state index in [9.17, 15) is 4.79 Å². The summed E-state index contributed by atoms with van der Waals surface area (Å²) in [4.78, 5) is 11.7. The van der Waals surface area contributed by atoms with Crippen molar-refractivity contribution < 1.29 is 14.6 Å². The molecule has 2 amide bonds. The van der Waals surface area contributed by atoms with Crippen molar-refractivity contribution in [1.82, 2.24) is 10.6 Å². The second kappa shape index (κ2) is 8.76. The molecule has 1 aromatic carbocycles. The largest absolute Gasteiger partial charge is 0.394 e. The van der Waals surface area contributed by atoms with E-state index >= 15 is 0 Å². The summed E-state index contributed by atoms with van der Waals surface area (Å²) in [7, 11) is 0. The summed E-state index contributed by atoms with van der Waals surface area (Å²) in [5.74, 6) is 0. The number of carbonyl (C=O) groups is 1. The fraction of sp³-hybridized carbons (Fsp3) is 0.588. The molecular formula is C17H28N2O3. The minimum absolute atomic E-state index is 0.0520. The lowest BCUT2D eigenvalue weighted by Crippen LogP contribution is -2.43. The molecule has 124 valence electrons. The number of aliphatic hydroxyl groups excluding tert-OH is 1. The normalized spacial score (nSPS) is 12.8. The van der Waals surface area contributed by atoms with Crippen LogP contribution in [0.2, 0.25) is 0 Å². The number of carbonyl (C=O) groups excluding carboxylic acids is 1. The molecule has 3 N–H and O–H groups in total. The summed E-state index contributed by atoms with van der Waals surface area (Å²) < 4.78 is 5.75. The molecule has 0 aliphatic rings. The third kappa shape index (κ3) is 7.43. The first-order chi connectivity index (χ1) is 10.3. The van der Waals surface area contributed by atoms with Crippen LogP contribution >= 0.6 is 0 Å². The van der Waals surface area contributed by atoms with E-state index in [4.69, 9.17) is 9.84 Å². The summed E-state index contributed by atoms with van der Waals surface area (Å²) in [6.07, 6.45) is 0.698. The van der Waals surface area contributed by atoms with E-state index in [0.717, 1.165) is 11.1 Å². The highest BCUT2D eigenvalue weighted by atomic mass is 16.5. The Morgan fingerprint density at radius 3 is 2.59 bits per heavy atom. The molecule has 0 saturated carbocycles. The third-order valence-electron chi connectivity index (χ3n) is 3.16. The van der Waals surface area contributed by atoms with Crippen LogP contribution in [0.5, 0.6) is 0 Å². The molecule has 1 atom stereocenters. The van der Waals surface area contributed by atoms with Crippen molar-refractivity contribution in [2.45, 2.75) is 58.9 Å². The van der Waals surface area contributed by atoms with Gasteiger partial charge >= 0.3 is 6.03 Å². The van der Waals surface area contributed by atoms with Gasteiger partial charge < -0.3 is 20.5 Å². The Kier molecular flexibility index (Phi) is 7.35. The lowest BCUT2D eigenvalue weighted by molar-refractivity contribution is -0.0149. The standard InChI is InChI=1S/C17H28N2O3/c1-5-15(11-20)19-16(21)18-10-13-7-6-8-14(9-13)12-22-17(2,3)4/h6-9,15,20H,5,10-12H2,1-4H3,(H2,18,19,21). The van der Waals surface area contributed by atoms with E-state index in [2.05, 4.69) is 10.6 Å². The topological polar surface area (TPSA) is 70.6 Å². The molecule has 0 radical (unpaired) electrons. The lowest BCUT2D eigenvalue weighted by Gasteiger charge is -2.19. The van der Waals surface area contributed by atoms with E-state index in [-0.39, 0.29) is 24.3 Å². The van der Waals surface area contributed by atoms with Gasteiger partial charge in [0, 0.05) is 6.54 Å². The van der Waals surface area contributed by atoms with E-state index in [1.165, 1.54) is 0 Å². The van der Waals surface area contributed by atoms with E-state index in [0.29, 0.717) is 19.6 Å². The van der Waals surface area contributed by atoms with Gasteiger partial charge in [-0.15, -0.1) is 0 Å². The molecule has 0 heterocycles. The average molecular weight is 308 g/mol. The van der Waals surface area contributed by atoms with E-state index in [1.54, 1.807) is 0 Å². The molecule has 0 aliphatic carbocycles. The summed E-state index contributed by atoms with van der Waals surface area (Å²) >= 11 is 0. The highest BCUT2D eigenvalue weighted by Crippen LogP contribution is 2.13. The molecule has 0 spiro atoms. The Balaban J connectivity index is 2.47. The molecule has 1 aromatic rings. The first-order valence-corrected chi connectivity index (χ1v) is 7.71. The molecule has 0 aliphatic heterocycles. The molecule has 0 fully saturated rings. The Morgan fingerprint density at radius 2 is 2.00 bits per heavy atom. The molecule has 0 bridgehead atoms. The third-order valence-corrected chi connectivity index (χ3v) is 3.16. The van der Waals surface area contributed by atoms with Crippen molar-refractivity contribution in [1.29, 1.82) is 0 Å². The van der Waals surface area contributed by atoms with Crippen LogP contribution in [0.4, 0.5) is 4.79 Å². The fourth-order valence-electron chi connectivity index (χ4n) is 1.82. The van der Waals surface area contributed by atoms with Gasteiger partial charge in [0.25, 0.3) is 0 Å². The Labute approximate surface area is 133 Å². The van der Waals surface area contributed by atoms with Crippen LogP contribution < -0.4 is 10.6 Å². The number of hydrogen-bond donors (Lipinski definition) is 3. The van der Waals surface area contributed by atoms with Gasteiger partial charge in [-0.05, 0) is 38.3 Å². The van der Waals surface area contributed by atoms with Gasteiger partial charge in [0.1, 0.15) is 0 Å². The molecule has 0 aromatic heterocycles. The number of amides is 2. The first kappa shape index (κ1) is 18.5. The van der Waals surface area contributed by atoms with Crippen LogP contribution in [0.15, 0.2) is 24.3 Å². The second-order valence-corrected chi connectivity index (χ2v) is 6.34. The molecule has 1 rings (SSSR count). The molecule has 22 heavy (non-hydrogen) atoms. The van der Waals surface area contributed by atoms with Gasteiger partial charge in [-0.3, -0.25) is 0 Å². The van der Waals surface area contributed by atoms with E-state index in [1.807, 2.05) is 52.0 Å². The zero-order chi connectivity index (χ0) is 16.6. The second-order valence-electron chi connectivity index (χ2n) is 6.34. The van der Waals surface area contributed by atoms with Gasteiger partial charge in [0.2, 0.25) is 0 Å². The number of nitrogens with one attached hydrogen (secondary N) is 2. The van der Waals surface area contributed by atoms with Crippen LogP contribution in [-0.4, -0.2) is 29.4 Å². The number of ether oxygens (including phenoxy) is 1. The van der Waals surface area contributed by atoms with Crippen LogP contribution in [0.1, 0.15) is 45.2 Å². The van der Waals surface area contributed by atoms with Crippen molar-refractivity contribution in [3.63, 3.8) is 0 Å². The van der Waals surface area contributed by atoms with Gasteiger partial charge in [-0.1, -0.05) is 31.2 Å². The molecule has 5 nitrogen and oxygen atoms in total. The fourth-order valence-corrected chi connectivity index (χ4v) is 1.82. The SMILES string of the molecule is CCC(CO)NC(=O)NCc1cccc(COC(C)(C)C)c1. The average Bonchev–Trinajstić information content (AvgIpc) is 2.48. The minimum atomic E-state index is -0.266. The summed E-state index contributed by atoms with van der Waals surface area (Å²) in [5.41, 5.74) is 1.92. The highest BCUT2D eigenvalue weighted by molar-refractivity contribution is 5.74. The number of aliphatic hydroxyl groups is 1. The maximum atomic E-state index is 11.7. The summed E-state index contributed by atoms with van der Waals surface area (Å²) in [5, 5.41) is 14.6. The van der Waals surface area contributed by atoms with Gasteiger partial charge in [-0.2, -0.15) is 0 Å². The van der Waals surface area contributed by atoms with Gasteiger partial charge in [0.05, 0.1) is 24.9 Å². The molecule has 0 saturated heterocycles. The molecule has 1 unspecified atom stereocenters. The van der Waals surface area contributed by atoms with Crippen LogP contribution in [0, 0.1) is 0 Å². The van der Waals surface area contributed by atoms with Gasteiger partial charge in [-0.25, -0.2) is 4.79 Å². The minimum Gasteiger partial charge on any atom is -0.394 e. The number of urea groups is 1. The summed E-state index contributed by atoms with van der Waals surface area (Å²) in [6.45, 7) is 8.92. The Bertz CT molecular complexity index is 465. The Morgan fingerprint density at radius 1 is 1.32 bits per heavy atom. The van der Waals surface area contributed by atoms with Crippen LogP contribution in [-0.2, 0) is 17.9 Å². The smallest absolute Gasteiger partial charge is 0.315 e. The van der Waals surface area contributed by atoms with Gasteiger partial charge in [0.15, 0.2) is 0 Å². The number of benzene rings is 1. The zero-order valence-electron chi connectivity index (χ0n) is 14.0. The van der Waals surface area contributed by atoms with Crippen molar-refractivity contribution in [3.05, 3.63) is 35.4 Å². The maximum Gasteiger partial charge on any atom is 0.315 e. The van der Waals surface area contributed by atoms with E-state index < -0.39 is 0 Å². The predicted molar refractivity (Wildman–Crippen MR) is 87.5 cm³/mol. The highest BCUT2D eigenvalue weighted by Gasteiger charge is 2.11. The van der Waals surface area contributed by atoms with Crippen LogP contribution in [0.25, 0.3) is 0 Å². The zero-order valence-corrected chi connectivity index (χ0v) is 14.0. The number of hydrogen-bond acceptors (Lipinski definition) is 3. The Hall–Kier alpha value is -1.59. The van der Waals surface area contributed by atoms with Crippen molar-refractivity contribution in [2.24, 2.45) is 0 Å². The lowest BCUT2D eigenvalue weighted by atomic mass is 10.1. The summed E-state index contributed by atoms with van der Waals surface area (Å²) in [6, 6.07) is 7.48. The van der Waals surface area contributed by atoms with Crippen molar-refractivity contribution >= 4 is 6.03 Å². The molecular weight excluding hydrogens is 280 g/mol. The maximum absolute atomic E-state index is 11.7. The molecule has 5 heteroatoms. The van der Waals surface area contributed by atoms with Crippen LogP contribution in [0.3, 0.4) is 0 Å². The van der Waals surface area contributed by atoms with Crippen molar-refractivity contribution in [2.75, 3.05) is 6.61 Å². The first-order valence-electron chi connectivity index (χ1n) is 7.71. The van der Waals surface area contributed by atoms with Crippen molar-refractivity contribution in [3.8, 4) is 0 Å².